The van der Waals surface area contributed by atoms with Crippen molar-refractivity contribution < 1.29 is 4.79 Å². The Morgan fingerprint density at radius 1 is 0.967 bits per heavy atom. The van der Waals surface area contributed by atoms with E-state index >= 15 is 0 Å². The first-order valence-corrected chi connectivity index (χ1v) is 10.9. The van der Waals surface area contributed by atoms with Gasteiger partial charge in [0.2, 0.25) is 5.91 Å². The molecule has 30 heavy (non-hydrogen) atoms. The van der Waals surface area contributed by atoms with Crippen molar-refractivity contribution in [2.75, 3.05) is 42.9 Å². The minimum absolute atomic E-state index is 0.0424. The quantitative estimate of drug-likeness (QED) is 0.769. The van der Waals surface area contributed by atoms with Crippen molar-refractivity contribution in [2.24, 2.45) is 20.0 Å². The van der Waals surface area contributed by atoms with Crippen molar-refractivity contribution in [3.63, 3.8) is 0 Å². The number of carbonyl (C=O) groups is 1. The average Bonchev–Trinajstić information content (AvgIpc) is 3.26. The summed E-state index contributed by atoms with van der Waals surface area (Å²) in [5.74, 6) is 0.679. The number of piperidine rings is 1. The van der Waals surface area contributed by atoms with E-state index in [-0.39, 0.29) is 5.91 Å². The van der Waals surface area contributed by atoms with Gasteiger partial charge in [-0.05, 0) is 56.8 Å². The second-order valence-corrected chi connectivity index (χ2v) is 8.79. The molecular formula is C22H31N5O3. The Labute approximate surface area is 176 Å². The minimum atomic E-state index is -0.571. The minimum Gasteiger partial charge on any atom is -0.370 e. The first-order valence-electron chi connectivity index (χ1n) is 10.9. The van der Waals surface area contributed by atoms with Crippen molar-refractivity contribution in [2.45, 2.75) is 32.6 Å². The number of rotatable bonds is 4. The summed E-state index contributed by atoms with van der Waals surface area (Å²) in [6.45, 7) is 6.35. The standard InChI is InChI=1S/C22H31N5O3/c1-15-6-10-26(11-7-15)14-20(28)23-16-12-18-19(13-17(16)27-8-4-5-9-27)25(3)22(30)21(29)24(18)2/h12-13,15H,4-11,14H2,1-3H3,(H,23,28). The van der Waals surface area contributed by atoms with E-state index in [0.29, 0.717) is 23.3 Å². The van der Waals surface area contributed by atoms with E-state index in [1.807, 2.05) is 12.1 Å². The Hall–Kier alpha value is -2.61. The van der Waals surface area contributed by atoms with Gasteiger partial charge >= 0.3 is 11.1 Å². The van der Waals surface area contributed by atoms with E-state index in [2.05, 4.69) is 22.0 Å². The van der Waals surface area contributed by atoms with Gasteiger partial charge in [0.15, 0.2) is 0 Å². The van der Waals surface area contributed by atoms with Crippen LogP contribution in [-0.4, -0.2) is 52.7 Å². The van der Waals surface area contributed by atoms with Crippen LogP contribution in [0.3, 0.4) is 0 Å². The summed E-state index contributed by atoms with van der Waals surface area (Å²) >= 11 is 0. The fourth-order valence-corrected chi connectivity index (χ4v) is 4.54. The molecule has 2 aromatic rings. The Morgan fingerprint density at radius 3 is 2.13 bits per heavy atom. The maximum Gasteiger partial charge on any atom is 0.316 e. The molecular weight excluding hydrogens is 382 g/mol. The third-order valence-corrected chi connectivity index (χ3v) is 6.57. The predicted octanol–water partition coefficient (Wildman–Crippen LogP) is 1.51. The largest absolute Gasteiger partial charge is 0.370 e. The fourth-order valence-electron chi connectivity index (χ4n) is 4.54. The molecule has 8 heteroatoms. The summed E-state index contributed by atoms with van der Waals surface area (Å²) in [4.78, 5) is 41.9. The van der Waals surface area contributed by atoms with Crippen LogP contribution in [0.1, 0.15) is 32.6 Å². The molecule has 1 N–H and O–H groups in total. The van der Waals surface area contributed by atoms with E-state index in [4.69, 9.17) is 0 Å². The zero-order valence-electron chi connectivity index (χ0n) is 18.1. The molecule has 0 spiro atoms. The van der Waals surface area contributed by atoms with Gasteiger partial charge in [0.25, 0.3) is 0 Å². The molecule has 4 rings (SSSR count). The lowest BCUT2D eigenvalue weighted by atomic mass is 9.99. The van der Waals surface area contributed by atoms with Gasteiger partial charge in [0.05, 0.1) is 29.0 Å². The van der Waals surface area contributed by atoms with Gasteiger partial charge in [-0.2, -0.15) is 0 Å². The smallest absolute Gasteiger partial charge is 0.316 e. The van der Waals surface area contributed by atoms with Gasteiger partial charge in [-0.3, -0.25) is 19.3 Å². The Morgan fingerprint density at radius 2 is 1.53 bits per heavy atom. The normalized spacial score (nSPS) is 18.3. The van der Waals surface area contributed by atoms with Crippen LogP contribution in [0.4, 0.5) is 11.4 Å². The second kappa shape index (κ2) is 8.26. The lowest BCUT2D eigenvalue weighted by molar-refractivity contribution is -0.117. The number of anilines is 2. The van der Waals surface area contributed by atoms with Crippen LogP contribution in [0.15, 0.2) is 21.7 Å². The molecule has 0 saturated carbocycles. The molecule has 162 valence electrons. The number of nitrogens with one attached hydrogen (secondary N) is 1. The van der Waals surface area contributed by atoms with E-state index in [1.165, 1.54) is 9.13 Å². The van der Waals surface area contributed by atoms with Gasteiger partial charge in [-0.25, -0.2) is 0 Å². The molecule has 0 unspecified atom stereocenters. The molecule has 3 heterocycles. The number of aryl methyl sites for hydroxylation is 2. The average molecular weight is 414 g/mol. The first kappa shape index (κ1) is 20.7. The Kier molecular flexibility index (Phi) is 5.69. The van der Waals surface area contributed by atoms with E-state index in [1.54, 1.807) is 14.1 Å². The van der Waals surface area contributed by atoms with Crippen LogP contribution in [0.2, 0.25) is 0 Å². The van der Waals surface area contributed by atoms with Crippen LogP contribution in [0.5, 0.6) is 0 Å². The number of benzene rings is 1. The van der Waals surface area contributed by atoms with E-state index < -0.39 is 11.1 Å². The van der Waals surface area contributed by atoms with Gasteiger partial charge in [-0.15, -0.1) is 0 Å². The highest BCUT2D eigenvalue weighted by Crippen LogP contribution is 2.32. The molecule has 2 fully saturated rings. The zero-order chi connectivity index (χ0) is 21.4. The van der Waals surface area contributed by atoms with E-state index in [0.717, 1.165) is 63.5 Å². The predicted molar refractivity (Wildman–Crippen MR) is 119 cm³/mol. The first-order chi connectivity index (χ1) is 14.3. The Bertz CT molecular complexity index is 1070. The molecule has 0 radical (unpaired) electrons. The summed E-state index contributed by atoms with van der Waals surface area (Å²) in [5.41, 5.74) is 1.81. The van der Waals surface area contributed by atoms with Crippen LogP contribution >= 0.6 is 0 Å². The fraction of sp³-hybridized carbons (Fsp3) is 0.591. The van der Waals surface area contributed by atoms with Gasteiger partial charge in [0, 0.05) is 27.2 Å². The molecule has 0 aliphatic carbocycles. The highest BCUT2D eigenvalue weighted by molar-refractivity contribution is 5.99. The van der Waals surface area contributed by atoms with Crippen LogP contribution in [-0.2, 0) is 18.9 Å². The van der Waals surface area contributed by atoms with E-state index in [9.17, 15) is 14.4 Å². The number of fused-ring (bicyclic) bond motifs is 1. The zero-order valence-corrected chi connectivity index (χ0v) is 18.1. The number of hydrogen-bond acceptors (Lipinski definition) is 5. The molecule has 2 aliphatic heterocycles. The highest BCUT2D eigenvalue weighted by atomic mass is 16.2. The summed E-state index contributed by atoms with van der Waals surface area (Å²) in [6.07, 6.45) is 4.45. The SMILES string of the molecule is CC1CCN(CC(=O)Nc2cc3c(cc2N2CCCC2)n(C)c(=O)c(=O)n3C)CC1. The van der Waals surface area contributed by atoms with Crippen molar-refractivity contribution in [3.05, 3.63) is 32.8 Å². The van der Waals surface area contributed by atoms with Gasteiger partial charge < -0.3 is 19.4 Å². The summed E-state index contributed by atoms with van der Waals surface area (Å²) in [6, 6.07) is 3.76. The maximum atomic E-state index is 12.8. The number of aromatic nitrogens is 2. The van der Waals surface area contributed by atoms with Gasteiger partial charge in [0.1, 0.15) is 0 Å². The molecule has 0 bridgehead atoms. The van der Waals surface area contributed by atoms with Crippen LogP contribution in [0.25, 0.3) is 11.0 Å². The molecule has 1 amide bonds. The van der Waals surface area contributed by atoms with Crippen molar-refractivity contribution in [1.29, 1.82) is 0 Å². The summed E-state index contributed by atoms with van der Waals surface area (Å²) < 4.78 is 2.77. The van der Waals surface area contributed by atoms with Crippen LogP contribution in [0, 0.1) is 5.92 Å². The van der Waals surface area contributed by atoms with Crippen LogP contribution < -0.4 is 21.3 Å². The molecule has 8 nitrogen and oxygen atoms in total. The molecule has 1 aromatic heterocycles. The maximum absolute atomic E-state index is 12.8. The second-order valence-electron chi connectivity index (χ2n) is 8.79. The number of nitrogens with zero attached hydrogens (tertiary/aromatic N) is 4. The number of likely N-dealkylation sites (tertiary alicyclic amines) is 1. The van der Waals surface area contributed by atoms with Crippen molar-refractivity contribution >= 4 is 28.3 Å². The molecule has 0 atom stereocenters. The third kappa shape index (κ3) is 3.88. The summed E-state index contributed by atoms with van der Waals surface area (Å²) in [7, 11) is 3.22. The number of amides is 1. The molecule has 2 saturated heterocycles. The number of hydrogen-bond donors (Lipinski definition) is 1. The van der Waals surface area contributed by atoms with Gasteiger partial charge in [-0.1, -0.05) is 6.92 Å². The van der Waals surface area contributed by atoms with Crippen molar-refractivity contribution in [1.82, 2.24) is 14.0 Å². The lowest BCUT2D eigenvalue weighted by Gasteiger charge is -2.30. The third-order valence-electron chi connectivity index (χ3n) is 6.57. The Balaban J connectivity index is 1.70. The molecule has 2 aliphatic rings. The number of carbonyl (C=O) groups excluding carboxylic acids is 1. The highest BCUT2D eigenvalue weighted by Gasteiger charge is 2.22. The topological polar surface area (TPSA) is 79.6 Å². The summed E-state index contributed by atoms with van der Waals surface area (Å²) in [5, 5.41) is 3.09. The lowest BCUT2D eigenvalue weighted by Crippen LogP contribution is -2.40. The monoisotopic (exact) mass is 413 g/mol. The van der Waals surface area contributed by atoms with Crippen molar-refractivity contribution in [3.8, 4) is 0 Å². The molecule has 1 aromatic carbocycles.